The van der Waals surface area contributed by atoms with E-state index in [9.17, 15) is 14.3 Å². The third-order valence-electron chi connectivity index (χ3n) is 5.00. The van der Waals surface area contributed by atoms with Crippen LogP contribution in [0.1, 0.15) is 5.56 Å². The Morgan fingerprint density at radius 1 is 1.35 bits per heavy atom. The van der Waals surface area contributed by atoms with Gasteiger partial charge in [0.05, 0.1) is 12.0 Å². The van der Waals surface area contributed by atoms with E-state index in [0.717, 1.165) is 5.56 Å². The smallest absolute Gasteiger partial charge is 0.312 e. The highest BCUT2D eigenvalue weighted by Crippen LogP contribution is 2.43. The van der Waals surface area contributed by atoms with Crippen LogP contribution in [0.3, 0.4) is 0 Å². The van der Waals surface area contributed by atoms with Crippen LogP contribution >= 0.6 is 11.6 Å². The summed E-state index contributed by atoms with van der Waals surface area (Å²) in [7, 11) is 0. The number of nitrogens with zero attached hydrogens (tertiary/aromatic N) is 2. The van der Waals surface area contributed by atoms with Crippen LogP contribution in [-0.2, 0) is 11.3 Å². The zero-order chi connectivity index (χ0) is 16.6. The average molecular weight is 343 g/mol. The molecule has 0 aromatic heterocycles. The van der Waals surface area contributed by atoms with Gasteiger partial charge in [-0.3, -0.25) is 14.6 Å². The van der Waals surface area contributed by atoms with Crippen molar-refractivity contribution >= 4 is 17.6 Å². The molecule has 0 aliphatic carbocycles. The second kappa shape index (κ2) is 6.36. The summed E-state index contributed by atoms with van der Waals surface area (Å²) in [6, 6.07) is 4.30. The van der Waals surface area contributed by atoms with Crippen LogP contribution < -0.4 is 0 Å². The molecular weight excluding hydrogens is 323 g/mol. The van der Waals surface area contributed by atoms with Crippen molar-refractivity contribution in [2.75, 3.05) is 39.3 Å². The van der Waals surface area contributed by atoms with Crippen molar-refractivity contribution in [1.29, 1.82) is 0 Å². The summed E-state index contributed by atoms with van der Waals surface area (Å²) in [6.45, 7) is 3.32. The molecule has 2 aliphatic rings. The van der Waals surface area contributed by atoms with Gasteiger partial charge >= 0.3 is 5.97 Å². The summed E-state index contributed by atoms with van der Waals surface area (Å²) in [5.41, 5.74) is 0.0163. The Balaban J connectivity index is 1.73. The molecule has 23 heavy (non-hydrogen) atoms. The maximum absolute atomic E-state index is 13.1. The van der Waals surface area contributed by atoms with Crippen molar-refractivity contribution < 1.29 is 19.4 Å². The number of carboxylic acids is 1. The third-order valence-corrected chi connectivity index (χ3v) is 5.35. The zero-order valence-corrected chi connectivity index (χ0v) is 13.5. The van der Waals surface area contributed by atoms with Gasteiger partial charge in [0.15, 0.2) is 0 Å². The number of β-amino-alcohol motifs (C(OH)–C–C–N with tert-alkyl or cyclic N) is 1. The quantitative estimate of drug-likeness (QED) is 0.844. The molecule has 0 radical (unpaired) electrons. The first-order valence-electron chi connectivity index (χ1n) is 7.67. The summed E-state index contributed by atoms with van der Waals surface area (Å²) in [5.74, 6) is -1.12. The van der Waals surface area contributed by atoms with Crippen molar-refractivity contribution in [3.63, 3.8) is 0 Å². The molecule has 2 aliphatic heterocycles. The fraction of sp³-hybridized carbons (Fsp3) is 0.562. The molecule has 2 atom stereocenters. The lowest BCUT2D eigenvalue weighted by molar-refractivity contribution is -0.149. The van der Waals surface area contributed by atoms with Gasteiger partial charge in [-0.25, -0.2) is 4.39 Å². The van der Waals surface area contributed by atoms with E-state index in [4.69, 9.17) is 16.7 Å². The van der Waals surface area contributed by atoms with Gasteiger partial charge < -0.3 is 10.2 Å². The number of halogens is 2. The summed E-state index contributed by atoms with van der Waals surface area (Å²) < 4.78 is 13.1. The molecule has 2 fully saturated rings. The van der Waals surface area contributed by atoms with Crippen molar-refractivity contribution in [3.05, 3.63) is 34.6 Å². The topological polar surface area (TPSA) is 64.0 Å². The van der Waals surface area contributed by atoms with Crippen molar-refractivity contribution in [3.8, 4) is 0 Å². The highest BCUT2D eigenvalue weighted by molar-refractivity contribution is 6.31. The Morgan fingerprint density at radius 2 is 2.04 bits per heavy atom. The van der Waals surface area contributed by atoms with E-state index in [1.807, 2.05) is 4.90 Å². The number of hydrogen-bond acceptors (Lipinski definition) is 4. The van der Waals surface area contributed by atoms with Crippen molar-refractivity contribution in [2.45, 2.75) is 6.54 Å². The first-order valence-corrected chi connectivity index (χ1v) is 8.05. The highest BCUT2D eigenvalue weighted by Gasteiger charge is 2.57. The summed E-state index contributed by atoms with van der Waals surface area (Å²) in [5, 5.41) is 19.2. The zero-order valence-electron chi connectivity index (χ0n) is 12.7. The Labute approximate surface area is 139 Å². The first kappa shape index (κ1) is 16.6. The molecule has 126 valence electrons. The maximum Gasteiger partial charge on any atom is 0.312 e. The van der Waals surface area contributed by atoms with Crippen molar-refractivity contribution in [1.82, 2.24) is 9.80 Å². The van der Waals surface area contributed by atoms with Crippen LogP contribution in [0.25, 0.3) is 0 Å². The highest BCUT2D eigenvalue weighted by atomic mass is 35.5. The lowest BCUT2D eigenvalue weighted by atomic mass is 9.81. The number of benzene rings is 1. The van der Waals surface area contributed by atoms with Crippen LogP contribution in [0.5, 0.6) is 0 Å². The molecule has 1 aromatic rings. The number of aliphatic carboxylic acids is 1. The number of carboxylic acid groups (broad SMARTS) is 1. The lowest BCUT2D eigenvalue weighted by Crippen LogP contribution is -2.41. The van der Waals surface area contributed by atoms with Gasteiger partial charge in [-0.2, -0.15) is 0 Å². The second-order valence-corrected chi connectivity index (χ2v) is 6.93. The fourth-order valence-electron chi connectivity index (χ4n) is 3.90. The van der Waals surface area contributed by atoms with Crippen LogP contribution in [0, 0.1) is 17.2 Å². The van der Waals surface area contributed by atoms with E-state index in [2.05, 4.69) is 4.90 Å². The van der Waals surface area contributed by atoms with E-state index in [0.29, 0.717) is 44.3 Å². The van der Waals surface area contributed by atoms with Crippen LogP contribution in [0.4, 0.5) is 4.39 Å². The molecule has 2 heterocycles. The monoisotopic (exact) mass is 342 g/mol. The number of aliphatic hydroxyl groups excluding tert-OH is 1. The maximum atomic E-state index is 13.1. The number of aliphatic hydroxyl groups is 1. The van der Waals surface area contributed by atoms with Gasteiger partial charge in [0.2, 0.25) is 0 Å². The molecule has 0 unspecified atom stereocenters. The van der Waals surface area contributed by atoms with Crippen LogP contribution in [0.15, 0.2) is 18.2 Å². The Morgan fingerprint density at radius 3 is 2.65 bits per heavy atom. The predicted octanol–water partition coefficient (Wildman–Crippen LogP) is 1.29. The van der Waals surface area contributed by atoms with Gasteiger partial charge in [0.1, 0.15) is 5.82 Å². The molecule has 0 bridgehead atoms. The predicted molar refractivity (Wildman–Crippen MR) is 83.8 cm³/mol. The Bertz CT molecular complexity index is 615. The lowest BCUT2D eigenvalue weighted by Gasteiger charge is -2.25. The molecular formula is C16H20ClFN2O3. The molecule has 0 saturated carbocycles. The van der Waals surface area contributed by atoms with Gasteiger partial charge in [-0.05, 0) is 17.7 Å². The number of hydrogen-bond donors (Lipinski definition) is 2. The number of carbonyl (C=O) groups is 1. The Kier molecular flexibility index (Phi) is 4.60. The standard InChI is InChI=1S/C16H20ClFN2O3/c17-14-5-13(18)2-1-11(14)6-20-8-12-7-19(3-4-21)9-16(12,10-20)15(22)23/h1-2,5,12,21H,3-4,6-10H2,(H,22,23)/t12-,16-/m1/s1. The van der Waals surface area contributed by atoms with E-state index >= 15 is 0 Å². The fourth-order valence-corrected chi connectivity index (χ4v) is 4.13. The summed E-state index contributed by atoms with van der Waals surface area (Å²) in [4.78, 5) is 16.0. The minimum absolute atomic E-state index is 0.0331. The van der Waals surface area contributed by atoms with Crippen LogP contribution in [-0.4, -0.2) is 65.3 Å². The second-order valence-electron chi connectivity index (χ2n) is 6.52. The first-order chi connectivity index (χ1) is 10.9. The molecule has 0 amide bonds. The molecule has 5 nitrogen and oxygen atoms in total. The van der Waals surface area contributed by atoms with E-state index in [1.165, 1.54) is 12.1 Å². The van der Waals surface area contributed by atoms with Gasteiger partial charge in [-0.15, -0.1) is 0 Å². The largest absolute Gasteiger partial charge is 0.481 e. The minimum atomic E-state index is -0.790. The molecule has 3 rings (SSSR count). The van der Waals surface area contributed by atoms with E-state index < -0.39 is 11.4 Å². The average Bonchev–Trinajstić information content (AvgIpc) is 2.97. The van der Waals surface area contributed by atoms with Gasteiger partial charge in [-0.1, -0.05) is 17.7 Å². The molecule has 2 N–H and O–H groups in total. The normalized spacial score (nSPS) is 28.2. The van der Waals surface area contributed by atoms with Crippen molar-refractivity contribution in [2.24, 2.45) is 11.3 Å². The van der Waals surface area contributed by atoms with E-state index in [-0.39, 0.29) is 18.3 Å². The molecule has 0 spiro atoms. The Hall–Kier alpha value is -1.21. The minimum Gasteiger partial charge on any atom is -0.481 e. The van der Waals surface area contributed by atoms with E-state index in [1.54, 1.807) is 6.07 Å². The third kappa shape index (κ3) is 3.08. The molecule has 7 heteroatoms. The van der Waals surface area contributed by atoms with Gasteiger partial charge in [0, 0.05) is 50.2 Å². The number of rotatable bonds is 5. The summed E-state index contributed by atoms with van der Waals surface area (Å²) >= 11 is 6.07. The number of likely N-dealkylation sites (tertiary alicyclic amines) is 2. The summed E-state index contributed by atoms with van der Waals surface area (Å²) in [6.07, 6.45) is 0. The van der Waals surface area contributed by atoms with Crippen LogP contribution in [0.2, 0.25) is 5.02 Å². The molecule has 1 aromatic carbocycles. The molecule has 2 saturated heterocycles. The van der Waals surface area contributed by atoms with Gasteiger partial charge in [0.25, 0.3) is 0 Å². The number of fused-ring (bicyclic) bond motifs is 1. The SMILES string of the molecule is O=C(O)[C@@]12CN(CCO)C[C@@H]1CN(Cc1ccc(F)cc1Cl)C2.